The van der Waals surface area contributed by atoms with Gasteiger partial charge in [-0.25, -0.2) is 9.37 Å². The van der Waals surface area contributed by atoms with Gasteiger partial charge < -0.3 is 10.5 Å². The van der Waals surface area contributed by atoms with Gasteiger partial charge in [-0.3, -0.25) is 0 Å². The van der Waals surface area contributed by atoms with Crippen molar-refractivity contribution in [1.82, 2.24) is 4.98 Å². The number of pyridine rings is 1. The number of halogens is 2. The van der Waals surface area contributed by atoms with Crippen LogP contribution in [0.3, 0.4) is 0 Å². The summed E-state index contributed by atoms with van der Waals surface area (Å²) in [6, 6.07) is 7.32. The Morgan fingerprint density at radius 2 is 2.05 bits per heavy atom. The van der Waals surface area contributed by atoms with Crippen LogP contribution < -0.4 is 10.5 Å². The highest BCUT2D eigenvalue weighted by molar-refractivity contribution is 5.34. The van der Waals surface area contributed by atoms with E-state index in [-0.39, 0.29) is 17.7 Å². The lowest BCUT2D eigenvalue weighted by atomic mass is 10.1. The number of rotatable bonds is 5. The minimum absolute atomic E-state index is 0.0288. The van der Waals surface area contributed by atoms with E-state index in [1.807, 2.05) is 13.0 Å². The van der Waals surface area contributed by atoms with Crippen molar-refractivity contribution >= 4 is 0 Å². The molecule has 3 nitrogen and oxygen atoms in total. The molecule has 2 rings (SSSR count). The highest BCUT2D eigenvalue weighted by Gasteiger charge is 2.14. The first-order valence-electron chi connectivity index (χ1n) is 6.43. The molecule has 0 bridgehead atoms. The molecule has 2 aromatic rings. The third kappa shape index (κ3) is 3.30. The van der Waals surface area contributed by atoms with Crippen molar-refractivity contribution in [2.24, 2.45) is 5.73 Å². The lowest BCUT2D eigenvalue weighted by molar-refractivity contribution is 0.400. The summed E-state index contributed by atoms with van der Waals surface area (Å²) >= 11 is 0. The Balaban J connectivity index is 2.27. The molecule has 2 N–H and O–H groups in total. The van der Waals surface area contributed by atoms with Crippen molar-refractivity contribution in [3.63, 3.8) is 0 Å². The molecular weight excluding hydrogens is 262 g/mol. The van der Waals surface area contributed by atoms with Crippen LogP contribution in [0.1, 0.15) is 18.9 Å². The second-order valence-electron chi connectivity index (χ2n) is 4.49. The lowest BCUT2D eigenvalue weighted by Gasteiger charge is -2.13. The van der Waals surface area contributed by atoms with Crippen LogP contribution in [0, 0.1) is 11.6 Å². The summed E-state index contributed by atoms with van der Waals surface area (Å²) in [5, 5.41) is 0. The van der Waals surface area contributed by atoms with Crippen molar-refractivity contribution < 1.29 is 13.5 Å². The van der Waals surface area contributed by atoms with Crippen molar-refractivity contribution in [1.29, 1.82) is 0 Å². The fraction of sp³-hybridized carbons (Fsp3) is 0.267. The molecule has 1 aromatic carbocycles. The minimum atomic E-state index is -1.02. The van der Waals surface area contributed by atoms with Crippen LogP contribution in [0.5, 0.6) is 11.6 Å². The van der Waals surface area contributed by atoms with Gasteiger partial charge >= 0.3 is 0 Å². The maximum absolute atomic E-state index is 13.6. The molecule has 0 fully saturated rings. The first kappa shape index (κ1) is 14.4. The van der Waals surface area contributed by atoms with E-state index >= 15 is 0 Å². The van der Waals surface area contributed by atoms with Gasteiger partial charge in [0, 0.05) is 17.8 Å². The van der Waals surface area contributed by atoms with Gasteiger partial charge in [-0.2, -0.15) is 4.39 Å². The van der Waals surface area contributed by atoms with E-state index in [1.54, 1.807) is 6.07 Å². The molecule has 0 saturated heterocycles. The Kier molecular flexibility index (Phi) is 4.63. The standard InChI is InChI=1S/C15H16F2N2O/c1-2-11(18)9-10-5-4-8-19-15(10)20-13-7-3-6-12(16)14(13)17/h3-8,11H,2,9,18H2,1H3. The van der Waals surface area contributed by atoms with Gasteiger partial charge in [0.1, 0.15) is 0 Å². The van der Waals surface area contributed by atoms with Gasteiger partial charge in [-0.15, -0.1) is 0 Å². The van der Waals surface area contributed by atoms with Crippen LogP contribution in [0.4, 0.5) is 8.78 Å². The fourth-order valence-corrected chi connectivity index (χ4v) is 1.77. The van der Waals surface area contributed by atoms with E-state index in [4.69, 9.17) is 10.5 Å². The van der Waals surface area contributed by atoms with E-state index < -0.39 is 11.6 Å². The normalized spacial score (nSPS) is 12.2. The van der Waals surface area contributed by atoms with Gasteiger partial charge in [0.2, 0.25) is 11.7 Å². The zero-order chi connectivity index (χ0) is 14.5. The molecule has 0 aliphatic heterocycles. The van der Waals surface area contributed by atoms with Gasteiger partial charge in [-0.1, -0.05) is 19.1 Å². The van der Waals surface area contributed by atoms with Crippen molar-refractivity contribution in [3.05, 3.63) is 53.7 Å². The number of hydrogen-bond acceptors (Lipinski definition) is 3. The summed E-state index contributed by atoms with van der Waals surface area (Å²) in [5.41, 5.74) is 6.67. The van der Waals surface area contributed by atoms with Gasteiger partial charge in [0.15, 0.2) is 11.6 Å². The topological polar surface area (TPSA) is 48.1 Å². The Morgan fingerprint density at radius 3 is 2.80 bits per heavy atom. The third-order valence-corrected chi connectivity index (χ3v) is 2.98. The number of hydrogen-bond donors (Lipinski definition) is 1. The number of benzene rings is 1. The molecule has 1 heterocycles. The number of aromatic nitrogens is 1. The quantitative estimate of drug-likeness (QED) is 0.911. The number of nitrogens with zero attached hydrogens (tertiary/aromatic N) is 1. The molecule has 0 aliphatic carbocycles. The molecule has 0 aliphatic rings. The average molecular weight is 278 g/mol. The van der Waals surface area contributed by atoms with Crippen LogP contribution in [0.2, 0.25) is 0 Å². The molecule has 5 heteroatoms. The molecule has 1 atom stereocenters. The molecule has 0 spiro atoms. The lowest BCUT2D eigenvalue weighted by Crippen LogP contribution is -2.21. The fourth-order valence-electron chi connectivity index (χ4n) is 1.77. The summed E-state index contributed by atoms with van der Waals surface area (Å²) < 4.78 is 32.1. The Labute approximate surface area is 116 Å². The van der Waals surface area contributed by atoms with Gasteiger partial charge in [0.25, 0.3) is 0 Å². The molecule has 106 valence electrons. The van der Waals surface area contributed by atoms with Crippen molar-refractivity contribution in [3.8, 4) is 11.6 Å². The van der Waals surface area contributed by atoms with E-state index in [0.29, 0.717) is 6.42 Å². The zero-order valence-corrected chi connectivity index (χ0v) is 11.1. The Bertz CT molecular complexity index is 590. The largest absolute Gasteiger partial charge is 0.436 e. The Hall–Kier alpha value is -2.01. The summed E-state index contributed by atoms with van der Waals surface area (Å²) in [7, 11) is 0. The molecule has 0 amide bonds. The SMILES string of the molecule is CCC(N)Cc1cccnc1Oc1cccc(F)c1F. The van der Waals surface area contributed by atoms with Crippen LogP contribution in [-0.2, 0) is 6.42 Å². The van der Waals surface area contributed by atoms with Crippen LogP contribution in [-0.4, -0.2) is 11.0 Å². The first-order valence-corrected chi connectivity index (χ1v) is 6.43. The summed E-state index contributed by atoms with van der Waals surface area (Å²) in [5.74, 6) is -1.91. The van der Waals surface area contributed by atoms with E-state index in [2.05, 4.69) is 4.98 Å². The van der Waals surface area contributed by atoms with Crippen LogP contribution >= 0.6 is 0 Å². The molecule has 1 unspecified atom stereocenters. The summed E-state index contributed by atoms with van der Waals surface area (Å²) in [6.45, 7) is 1.98. The van der Waals surface area contributed by atoms with Gasteiger partial charge in [0.05, 0.1) is 0 Å². The van der Waals surface area contributed by atoms with E-state index in [9.17, 15) is 8.78 Å². The monoisotopic (exact) mass is 278 g/mol. The highest BCUT2D eigenvalue weighted by atomic mass is 19.2. The predicted octanol–water partition coefficient (Wildman–Crippen LogP) is 3.43. The number of nitrogens with two attached hydrogens (primary N) is 1. The second kappa shape index (κ2) is 6.43. The molecule has 0 saturated carbocycles. The van der Waals surface area contributed by atoms with E-state index in [0.717, 1.165) is 18.1 Å². The van der Waals surface area contributed by atoms with Crippen LogP contribution in [0.25, 0.3) is 0 Å². The minimum Gasteiger partial charge on any atom is -0.436 e. The third-order valence-electron chi connectivity index (χ3n) is 2.98. The Morgan fingerprint density at radius 1 is 1.25 bits per heavy atom. The van der Waals surface area contributed by atoms with Crippen molar-refractivity contribution in [2.45, 2.75) is 25.8 Å². The highest BCUT2D eigenvalue weighted by Crippen LogP contribution is 2.27. The van der Waals surface area contributed by atoms with Crippen molar-refractivity contribution in [2.75, 3.05) is 0 Å². The molecule has 20 heavy (non-hydrogen) atoms. The molecule has 1 aromatic heterocycles. The maximum atomic E-state index is 13.6. The number of ether oxygens (including phenoxy) is 1. The summed E-state index contributed by atoms with van der Waals surface area (Å²) in [4.78, 5) is 4.07. The van der Waals surface area contributed by atoms with Crippen LogP contribution in [0.15, 0.2) is 36.5 Å². The predicted molar refractivity (Wildman–Crippen MR) is 72.6 cm³/mol. The second-order valence-corrected chi connectivity index (χ2v) is 4.49. The first-order chi connectivity index (χ1) is 9.61. The smallest absolute Gasteiger partial charge is 0.222 e. The average Bonchev–Trinajstić information content (AvgIpc) is 2.45. The summed E-state index contributed by atoms with van der Waals surface area (Å²) in [6.07, 6.45) is 2.91. The van der Waals surface area contributed by atoms with E-state index in [1.165, 1.54) is 18.3 Å². The zero-order valence-electron chi connectivity index (χ0n) is 11.1. The maximum Gasteiger partial charge on any atom is 0.222 e. The van der Waals surface area contributed by atoms with Gasteiger partial charge in [-0.05, 0) is 31.0 Å². The molecular formula is C15H16F2N2O. The molecule has 0 radical (unpaired) electrons.